The normalized spacial score (nSPS) is 13.2. The lowest BCUT2D eigenvalue weighted by molar-refractivity contribution is -0.120. The molecule has 0 fully saturated rings. The molecule has 3 N–H and O–H groups in total. The lowest BCUT2D eigenvalue weighted by atomic mass is 10.2. The molecule has 8 heteroatoms. The Morgan fingerprint density at radius 2 is 1.88 bits per heavy atom. The van der Waals surface area contributed by atoms with E-state index >= 15 is 0 Å². The van der Waals surface area contributed by atoms with E-state index in [-0.39, 0.29) is 23.8 Å². The highest BCUT2D eigenvalue weighted by atomic mass is 32.2. The molecule has 0 atom stereocenters. The van der Waals surface area contributed by atoms with Crippen molar-refractivity contribution in [1.29, 1.82) is 0 Å². The Morgan fingerprint density at radius 3 is 2.64 bits per heavy atom. The zero-order valence-corrected chi connectivity index (χ0v) is 14.1. The second-order valence-electron chi connectivity index (χ2n) is 5.63. The number of nitrogens with one attached hydrogen (secondary N) is 3. The van der Waals surface area contributed by atoms with Gasteiger partial charge in [-0.1, -0.05) is 30.3 Å². The third-order valence-corrected chi connectivity index (χ3v) is 5.17. The first-order valence-electron chi connectivity index (χ1n) is 7.67. The quantitative estimate of drug-likeness (QED) is 0.709. The van der Waals surface area contributed by atoms with Gasteiger partial charge >= 0.3 is 0 Å². The van der Waals surface area contributed by atoms with Crippen molar-refractivity contribution in [2.45, 2.75) is 17.9 Å². The molecule has 0 aromatic heterocycles. The van der Waals surface area contributed by atoms with E-state index in [1.165, 1.54) is 12.1 Å². The van der Waals surface area contributed by atoms with Gasteiger partial charge in [0.05, 0.1) is 17.9 Å². The molecule has 2 amide bonds. The molecule has 0 aliphatic carbocycles. The molecule has 0 radical (unpaired) electrons. The summed E-state index contributed by atoms with van der Waals surface area (Å²) >= 11 is 0. The zero-order chi connectivity index (χ0) is 17.9. The number of fused-ring (bicyclic) bond motifs is 1. The van der Waals surface area contributed by atoms with Gasteiger partial charge in [-0.2, -0.15) is 0 Å². The van der Waals surface area contributed by atoms with Crippen LogP contribution in [0.5, 0.6) is 0 Å². The highest BCUT2D eigenvalue weighted by Crippen LogP contribution is 2.25. The Kier molecular flexibility index (Phi) is 4.82. The van der Waals surface area contributed by atoms with Crippen LogP contribution in [0.4, 0.5) is 5.69 Å². The molecule has 1 aliphatic heterocycles. The lowest BCUT2D eigenvalue weighted by Gasteiger charge is -2.09. The molecule has 25 heavy (non-hydrogen) atoms. The van der Waals surface area contributed by atoms with Gasteiger partial charge in [0.25, 0.3) is 0 Å². The average Bonchev–Trinajstić information content (AvgIpc) is 2.98. The third-order valence-electron chi connectivity index (χ3n) is 3.77. The minimum absolute atomic E-state index is 0.0265. The molecule has 1 heterocycles. The van der Waals surface area contributed by atoms with Crippen molar-refractivity contribution in [3.05, 3.63) is 59.7 Å². The molecule has 130 valence electrons. The number of carbonyl (C=O) groups excluding carboxylic acids is 2. The van der Waals surface area contributed by atoms with Gasteiger partial charge in [0, 0.05) is 12.2 Å². The number of hydrogen-bond donors (Lipinski definition) is 3. The standard InChI is InChI=1S/C17H17N3O4S/c21-16-9-13-8-14(6-7-15(13)20-16)25(23,24)19-11-17(22)18-10-12-4-2-1-3-5-12/h1-8,19H,9-11H2,(H,18,22)(H,20,21). The predicted molar refractivity (Wildman–Crippen MR) is 92.3 cm³/mol. The summed E-state index contributed by atoms with van der Waals surface area (Å²) in [5.74, 6) is -0.594. The zero-order valence-electron chi connectivity index (χ0n) is 13.3. The van der Waals surface area contributed by atoms with Crippen LogP contribution in [0.2, 0.25) is 0 Å². The summed E-state index contributed by atoms with van der Waals surface area (Å²) in [6.07, 6.45) is 0.149. The highest BCUT2D eigenvalue weighted by Gasteiger charge is 2.22. The fourth-order valence-electron chi connectivity index (χ4n) is 2.48. The van der Waals surface area contributed by atoms with Gasteiger partial charge in [0.2, 0.25) is 21.8 Å². The number of anilines is 1. The largest absolute Gasteiger partial charge is 0.351 e. The van der Waals surface area contributed by atoms with Crippen molar-refractivity contribution in [3.63, 3.8) is 0 Å². The minimum atomic E-state index is -3.83. The molecule has 2 aromatic carbocycles. The maximum atomic E-state index is 12.3. The second kappa shape index (κ2) is 7.04. The minimum Gasteiger partial charge on any atom is -0.351 e. The van der Waals surface area contributed by atoms with Crippen molar-refractivity contribution >= 4 is 27.5 Å². The van der Waals surface area contributed by atoms with Gasteiger partial charge in [0.1, 0.15) is 0 Å². The van der Waals surface area contributed by atoms with Crippen LogP contribution in [0, 0.1) is 0 Å². The predicted octanol–water partition coefficient (Wildman–Crippen LogP) is 0.776. The SMILES string of the molecule is O=C(CNS(=O)(=O)c1ccc2c(c1)CC(=O)N2)NCc1ccccc1. The van der Waals surface area contributed by atoms with Crippen LogP contribution in [0.3, 0.4) is 0 Å². The van der Waals surface area contributed by atoms with Crippen molar-refractivity contribution in [2.24, 2.45) is 0 Å². The van der Waals surface area contributed by atoms with Crippen LogP contribution in [0.1, 0.15) is 11.1 Å². The third kappa shape index (κ3) is 4.23. The van der Waals surface area contributed by atoms with E-state index in [1.54, 1.807) is 6.07 Å². The van der Waals surface area contributed by atoms with Crippen molar-refractivity contribution < 1.29 is 18.0 Å². The molecule has 0 saturated heterocycles. The van der Waals surface area contributed by atoms with Gasteiger partial charge < -0.3 is 10.6 Å². The van der Waals surface area contributed by atoms with E-state index < -0.39 is 15.9 Å². The molecule has 3 rings (SSSR count). The monoisotopic (exact) mass is 359 g/mol. The molecule has 2 aromatic rings. The Balaban J connectivity index is 1.58. The highest BCUT2D eigenvalue weighted by molar-refractivity contribution is 7.89. The molecule has 0 spiro atoms. The van der Waals surface area contributed by atoms with Crippen LogP contribution in [0.25, 0.3) is 0 Å². The summed E-state index contributed by atoms with van der Waals surface area (Å²) in [5, 5.41) is 5.29. The summed E-state index contributed by atoms with van der Waals surface area (Å²) in [5.41, 5.74) is 2.17. The molecule has 0 bridgehead atoms. The van der Waals surface area contributed by atoms with Crippen LogP contribution >= 0.6 is 0 Å². The first kappa shape index (κ1) is 17.1. The van der Waals surface area contributed by atoms with Crippen molar-refractivity contribution in [2.75, 3.05) is 11.9 Å². The van der Waals surface area contributed by atoms with Gasteiger partial charge in [-0.3, -0.25) is 9.59 Å². The molecular formula is C17H17N3O4S. The summed E-state index contributed by atoms with van der Waals surface area (Å²) in [6.45, 7) is -0.0303. The van der Waals surface area contributed by atoms with Crippen LogP contribution in [-0.2, 0) is 32.6 Å². The Labute approximate surface area is 145 Å². The first-order chi connectivity index (χ1) is 11.9. The van der Waals surface area contributed by atoms with E-state index in [0.717, 1.165) is 5.56 Å². The number of hydrogen-bond acceptors (Lipinski definition) is 4. The Morgan fingerprint density at radius 1 is 1.12 bits per heavy atom. The number of amides is 2. The van der Waals surface area contributed by atoms with E-state index in [9.17, 15) is 18.0 Å². The Bertz CT molecular complexity index is 911. The van der Waals surface area contributed by atoms with Crippen LogP contribution in [0.15, 0.2) is 53.4 Å². The second-order valence-corrected chi connectivity index (χ2v) is 7.40. The maximum Gasteiger partial charge on any atom is 0.241 e. The van der Waals surface area contributed by atoms with Gasteiger partial charge in [0.15, 0.2) is 0 Å². The molecule has 0 saturated carbocycles. The van der Waals surface area contributed by atoms with E-state index in [2.05, 4.69) is 15.4 Å². The van der Waals surface area contributed by atoms with Gasteiger partial charge in [-0.05, 0) is 29.3 Å². The molecule has 0 unspecified atom stereocenters. The molecule has 7 nitrogen and oxygen atoms in total. The van der Waals surface area contributed by atoms with Crippen molar-refractivity contribution in [3.8, 4) is 0 Å². The number of benzene rings is 2. The van der Waals surface area contributed by atoms with Gasteiger partial charge in [-0.25, -0.2) is 13.1 Å². The van der Waals surface area contributed by atoms with E-state index in [0.29, 0.717) is 17.8 Å². The summed E-state index contributed by atoms with van der Waals surface area (Å²) < 4.78 is 26.9. The number of rotatable bonds is 6. The first-order valence-corrected chi connectivity index (χ1v) is 9.15. The van der Waals surface area contributed by atoms with Crippen LogP contribution in [-0.4, -0.2) is 26.8 Å². The van der Waals surface area contributed by atoms with Crippen LogP contribution < -0.4 is 15.4 Å². The topological polar surface area (TPSA) is 104 Å². The fourth-order valence-corrected chi connectivity index (χ4v) is 3.51. The van der Waals surface area contributed by atoms with Crippen molar-refractivity contribution in [1.82, 2.24) is 10.0 Å². The van der Waals surface area contributed by atoms with E-state index in [1.807, 2.05) is 30.3 Å². The number of sulfonamides is 1. The van der Waals surface area contributed by atoms with E-state index in [4.69, 9.17) is 0 Å². The molecule has 1 aliphatic rings. The average molecular weight is 359 g/mol. The van der Waals surface area contributed by atoms with Gasteiger partial charge in [-0.15, -0.1) is 0 Å². The maximum absolute atomic E-state index is 12.3. The lowest BCUT2D eigenvalue weighted by Crippen LogP contribution is -2.36. The fraction of sp³-hybridized carbons (Fsp3) is 0.176. The summed E-state index contributed by atoms with van der Waals surface area (Å²) in [4.78, 5) is 23.2. The number of carbonyl (C=O) groups is 2. The Hall–Kier alpha value is -2.71. The summed E-state index contributed by atoms with van der Waals surface area (Å²) in [7, 11) is -3.83. The molecular weight excluding hydrogens is 342 g/mol. The smallest absolute Gasteiger partial charge is 0.241 e. The summed E-state index contributed by atoms with van der Waals surface area (Å²) in [6, 6.07) is 13.7.